The van der Waals surface area contributed by atoms with E-state index in [1.165, 1.54) is 30.3 Å². The molecule has 2 heterocycles. The van der Waals surface area contributed by atoms with Gasteiger partial charge in [0, 0.05) is 30.0 Å². The Morgan fingerprint density at radius 2 is 1.84 bits per heavy atom. The van der Waals surface area contributed by atoms with E-state index in [0.717, 1.165) is 41.2 Å². The molecule has 0 aliphatic rings. The summed E-state index contributed by atoms with van der Waals surface area (Å²) in [5.74, 6) is -1.89. The molecule has 0 N–H and O–H groups in total. The van der Waals surface area contributed by atoms with Crippen molar-refractivity contribution in [2.45, 2.75) is 24.7 Å². The van der Waals surface area contributed by atoms with Gasteiger partial charge in [0.15, 0.2) is 0 Å². The largest absolute Gasteiger partial charge is 0.439 e. The maximum absolute atomic E-state index is 14.6. The molecule has 0 saturated heterocycles. The van der Waals surface area contributed by atoms with Gasteiger partial charge in [0.25, 0.3) is 11.3 Å². The number of alkyl halides is 3. The Kier molecular flexibility index (Phi) is 7.83. The van der Waals surface area contributed by atoms with Crippen molar-refractivity contribution in [2.75, 3.05) is 0 Å². The highest BCUT2D eigenvalue weighted by Crippen LogP contribution is 2.45. The van der Waals surface area contributed by atoms with Gasteiger partial charge in [-0.05, 0) is 47.0 Å². The molecule has 0 spiro atoms. The minimum absolute atomic E-state index is 0.116. The number of ether oxygens (including phenoxy) is 1. The molecule has 224 valence electrons. The number of carbonyl (C=O) groups is 1. The first-order valence-electron chi connectivity index (χ1n) is 12.8. The van der Waals surface area contributed by atoms with Crippen molar-refractivity contribution in [3.8, 4) is 11.1 Å². The van der Waals surface area contributed by atoms with Crippen LogP contribution in [0.1, 0.15) is 28.0 Å². The molecule has 0 amide bonds. The Hall–Kier alpha value is -5.66. The lowest BCUT2D eigenvalue weighted by atomic mass is 9.94. The average molecular weight is 609 g/mol. The average Bonchev–Trinajstić information content (AvgIpc) is 3.44. The molecule has 1 unspecified atom stereocenters. The van der Waals surface area contributed by atoms with Crippen molar-refractivity contribution in [3.63, 3.8) is 0 Å². The molecule has 1 atom stereocenters. The SMILES string of the molecule is C=CCC(OC(=O)c1ccc([N+](=O)[O-])cc1)(c1cn(Cc2ccc3c(-c4cccc(F)c4)cc(=O)oc3c2)nn1)C(F)(F)F. The number of benzene rings is 3. The van der Waals surface area contributed by atoms with Crippen LogP contribution in [0.25, 0.3) is 22.1 Å². The summed E-state index contributed by atoms with van der Waals surface area (Å²) in [6.07, 6.45) is -4.20. The van der Waals surface area contributed by atoms with E-state index < -0.39 is 46.2 Å². The van der Waals surface area contributed by atoms with Crippen molar-refractivity contribution in [1.29, 1.82) is 0 Å². The summed E-state index contributed by atoms with van der Waals surface area (Å²) in [4.78, 5) is 35.2. The van der Waals surface area contributed by atoms with Gasteiger partial charge in [-0.3, -0.25) is 10.1 Å². The Morgan fingerprint density at radius 3 is 2.50 bits per heavy atom. The van der Waals surface area contributed by atoms with Gasteiger partial charge in [-0.25, -0.2) is 18.7 Å². The predicted octanol–water partition coefficient (Wildman–Crippen LogP) is 6.34. The molecular weight excluding hydrogens is 588 g/mol. The number of fused-ring (bicyclic) bond motifs is 1. The van der Waals surface area contributed by atoms with E-state index in [4.69, 9.17) is 9.15 Å². The number of halogens is 4. The van der Waals surface area contributed by atoms with Crippen molar-refractivity contribution < 1.29 is 36.4 Å². The molecule has 0 aliphatic heterocycles. The molecule has 10 nitrogen and oxygen atoms in total. The topological polar surface area (TPSA) is 130 Å². The molecule has 44 heavy (non-hydrogen) atoms. The van der Waals surface area contributed by atoms with Gasteiger partial charge in [-0.2, -0.15) is 13.2 Å². The third-order valence-corrected chi connectivity index (χ3v) is 6.71. The monoisotopic (exact) mass is 608 g/mol. The van der Waals surface area contributed by atoms with Crippen LogP contribution in [0.2, 0.25) is 0 Å². The van der Waals surface area contributed by atoms with Crippen LogP contribution in [0, 0.1) is 15.9 Å². The lowest BCUT2D eigenvalue weighted by Crippen LogP contribution is -2.46. The second-order valence-electron chi connectivity index (χ2n) is 9.63. The first kappa shape index (κ1) is 29.8. The van der Waals surface area contributed by atoms with Crippen LogP contribution < -0.4 is 5.63 Å². The van der Waals surface area contributed by atoms with Crippen molar-refractivity contribution in [1.82, 2.24) is 15.0 Å². The molecule has 3 aromatic carbocycles. The number of carbonyl (C=O) groups excluding carboxylic acids is 1. The van der Waals surface area contributed by atoms with Crippen LogP contribution in [-0.2, 0) is 16.9 Å². The Bertz CT molecular complexity index is 1950. The molecule has 0 fully saturated rings. The number of esters is 1. The van der Waals surface area contributed by atoms with Gasteiger partial charge in [0.1, 0.15) is 17.1 Å². The van der Waals surface area contributed by atoms with Crippen molar-refractivity contribution in [2.24, 2.45) is 0 Å². The summed E-state index contributed by atoms with van der Waals surface area (Å²) in [5, 5.41) is 18.8. The van der Waals surface area contributed by atoms with E-state index >= 15 is 0 Å². The maximum atomic E-state index is 14.6. The Balaban J connectivity index is 1.47. The molecule has 0 saturated carbocycles. The molecule has 2 aromatic heterocycles. The number of rotatable bonds is 9. The first-order chi connectivity index (χ1) is 20.9. The fourth-order valence-corrected chi connectivity index (χ4v) is 4.61. The summed E-state index contributed by atoms with van der Waals surface area (Å²) in [5.41, 5.74) is -3.91. The fourth-order valence-electron chi connectivity index (χ4n) is 4.61. The molecular formula is C30H20F4N4O6. The third-order valence-electron chi connectivity index (χ3n) is 6.71. The van der Waals surface area contributed by atoms with Gasteiger partial charge >= 0.3 is 17.8 Å². The summed E-state index contributed by atoms with van der Waals surface area (Å²) in [7, 11) is 0. The highest BCUT2D eigenvalue weighted by atomic mass is 19.4. The number of nitro groups is 1. The molecule has 5 aromatic rings. The third kappa shape index (κ3) is 5.82. The second-order valence-corrected chi connectivity index (χ2v) is 9.63. The smallest absolute Gasteiger partial charge is 0.434 e. The molecule has 0 bridgehead atoms. The Labute approximate surface area is 245 Å². The lowest BCUT2D eigenvalue weighted by molar-refractivity contribution is -0.384. The van der Waals surface area contributed by atoms with Crippen LogP contribution in [-0.4, -0.2) is 32.1 Å². The van der Waals surface area contributed by atoms with E-state index in [2.05, 4.69) is 16.9 Å². The number of hydrogen-bond acceptors (Lipinski definition) is 8. The molecule has 0 aliphatic carbocycles. The standard InChI is InChI=1S/C30H20F4N4O6/c1-2-12-29(30(32,33)34,44-28(40)19-7-9-22(10-8-19)38(41)42)26-17-37(36-35-26)16-18-6-11-23-24(15-27(39)43-25(23)13-18)20-4-3-5-21(31)14-20/h2-11,13-15,17H,1,12,16H2. The molecule has 0 radical (unpaired) electrons. The highest BCUT2D eigenvalue weighted by molar-refractivity contribution is 5.93. The number of hydrogen-bond donors (Lipinski definition) is 0. The van der Waals surface area contributed by atoms with E-state index in [9.17, 15) is 37.3 Å². The first-order valence-corrected chi connectivity index (χ1v) is 12.8. The van der Waals surface area contributed by atoms with Gasteiger partial charge in [-0.1, -0.05) is 35.6 Å². The minimum Gasteiger partial charge on any atom is -0.439 e. The zero-order valence-corrected chi connectivity index (χ0v) is 22.5. The van der Waals surface area contributed by atoms with Crippen molar-refractivity contribution in [3.05, 3.63) is 135 Å². The number of aromatic nitrogens is 3. The van der Waals surface area contributed by atoms with Crippen LogP contribution in [0.15, 0.2) is 101 Å². The van der Waals surface area contributed by atoms with Crippen LogP contribution >= 0.6 is 0 Å². The number of nitro benzene ring substituents is 1. The second kappa shape index (κ2) is 11.6. The zero-order chi connectivity index (χ0) is 31.6. The number of non-ortho nitro benzene ring substituents is 1. The summed E-state index contributed by atoms with van der Waals surface area (Å²) in [6, 6.07) is 15.5. The number of nitrogens with zero attached hydrogens (tertiary/aromatic N) is 4. The van der Waals surface area contributed by atoms with E-state index in [1.807, 2.05) is 0 Å². The van der Waals surface area contributed by atoms with Gasteiger partial charge < -0.3 is 9.15 Å². The quantitative estimate of drug-likeness (QED) is 0.0473. The van der Waals surface area contributed by atoms with Crippen LogP contribution in [0.3, 0.4) is 0 Å². The maximum Gasteiger partial charge on any atom is 0.434 e. The Morgan fingerprint density at radius 1 is 1.09 bits per heavy atom. The lowest BCUT2D eigenvalue weighted by Gasteiger charge is -2.32. The molecule has 5 rings (SSSR count). The van der Waals surface area contributed by atoms with Gasteiger partial charge in [0.2, 0.25) is 0 Å². The van der Waals surface area contributed by atoms with Gasteiger partial charge in [-0.15, -0.1) is 11.7 Å². The van der Waals surface area contributed by atoms with Crippen LogP contribution in [0.4, 0.5) is 23.2 Å². The summed E-state index contributed by atoms with van der Waals surface area (Å²) in [6.45, 7) is 3.25. The van der Waals surface area contributed by atoms with Crippen molar-refractivity contribution >= 4 is 22.6 Å². The molecule has 14 heteroatoms. The van der Waals surface area contributed by atoms with Gasteiger partial charge in [0.05, 0.1) is 23.2 Å². The fraction of sp³-hybridized carbons (Fsp3) is 0.133. The van der Waals surface area contributed by atoms with E-state index in [-0.39, 0.29) is 23.4 Å². The van der Waals surface area contributed by atoms with Crippen LogP contribution in [0.5, 0.6) is 0 Å². The van der Waals surface area contributed by atoms with E-state index in [0.29, 0.717) is 22.1 Å². The highest BCUT2D eigenvalue weighted by Gasteiger charge is 2.61. The normalized spacial score (nSPS) is 12.9. The minimum atomic E-state index is -5.17. The zero-order valence-electron chi connectivity index (χ0n) is 22.5. The predicted molar refractivity (Wildman–Crippen MR) is 148 cm³/mol. The van der Waals surface area contributed by atoms with E-state index in [1.54, 1.807) is 18.2 Å². The summed E-state index contributed by atoms with van der Waals surface area (Å²) < 4.78 is 69.0. The summed E-state index contributed by atoms with van der Waals surface area (Å²) >= 11 is 0.